The van der Waals surface area contributed by atoms with Crippen LogP contribution in [0.1, 0.15) is 27.2 Å². The Morgan fingerprint density at radius 2 is 2.06 bits per heavy atom. The van der Waals surface area contributed by atoms with Gasteiger partial charge in [-0.3, -0.25) is 0 Å². The first-order valence-corrected chi connectivity index (χ1v) is 5.96. The van der Waals surface area contributed by atoms with Gasteiger partial charge >= 0.3 is 6.09 Å². The van der Waals surface area contributed by atoms with Gasteiger partial charge in [-0.25, -0.2) is 4.79 Å². The Balaban J connectivity index is 2.52. The first-order chi connectivity index (χ1) is 7.61. The third-order valence-electron chi connectivity index (χ3n) is 2.59. The second-order valence-electron chi connectivity index (χ2n) is 6.11. The zero-order valence-electron chi connectivity index (χ0n) is 11.5. The number of carbonyl (C=O) groups excluding carboxylic acids is 1. The molecule has 1 atom stereocenters. The van der Waals surface area contributed by atoms with E-state index in [0.717, 1.165) is 0 Å². The lowest BCUT2D eigenvalue weighted by molar-refractivity contribution is 0.00655. The van der Waals surface area contributed by atoms with Gasteiger partial charge in [0, 0.05) is 13.1 Å². The molecule has 0 aliphatic carbocycles. The van der Waals surface area contributed by atoms with Crippen molar-refractivity contribution in [2.24, 2.45) is 0 Å². The molecule has 1 saturated heterocycles. The monoisotopic (exact) mass is 244 g/mol. The second kappa shape index (κ2) is 4.82. The zero-order chi connectivity index (χ0) is 13.3. The highest BCUT2D eigenvalue weighted by molar-refractivity contribution is 5.68. The average Bonchev–Trinajstić information content (AvgIpc) is 2.43. The van der Waals surface area contributed by atoms with Gasteiger partial charge in [-0.15, -0.1) is 0 Å². The molecule has 1 rings (SSSR count). The van der Waals surface area contributed by atoms with Crippen LogP contribution in [-0.2, 0) is 4.74 Å². The third kappa shape index (κ3) is 4.52. The predicted molar refractivity (Wildman–Crippen MR) is 65.9 cm³/mol. The quantitative estimate of drug-likeness (QED) is 0.785. The highest BCUT2D eigenvalue weighted by Crippen LogP contribution is 2.23. The van der Waals surface area contributed by atoms with E-state index in [4.69, 9.17) is 4.74 Å². The predicted octanol–water partition coefficient (Wildman–Crippen LogP) is 0.920. The first kappa shape index (κ1) is 14.3. The standard InChI is InChI=1S/C12H24N2O3/c1-11(2,3)17-10(15)14-7-6-12(16,9-14)8-13(4)5/h16H,6-9H2,1-5H3. The summed E-state index contributed by atoms with van der Waals surface area (Å²) in [5, 5.41) is 10.3. The Kier molecular flexibility index (Phi) is 4.04. The van der Waals surface area contributed by atoms with Crippen LogP contribution in [0, 0.1) is 0 Å². The van der Waals surface area contributed by atoms with Crippen LogP contribution < -0.4 is 0 Å². The smallest absolute Gasteiger partial charge is 0.410 e. The van der Waals surface area contributed by atoms with Crippen molar-refractivity contribution in [3.8, 4) is 0 Å². The van der Waals surface area contributed by atoms with Crippen molar-refractivity contribution in [2.75, 3.05) is 33.7 Å². The van der Waals surface area contributed by atoms with Crippen LogP contribution >= 0.6 is 0 Å². The molecule has 0 aromatic carbocycles. The van der Waals surface area contributed by atoms with Crippen LogP contribution in [-0.4, -0.2) is 65.9 Å². The highest BCUT2D eigenvalue weighted by Gasteiger charge is 2.39. The second-order valence-corrected chi connectivity index (χ2v) is 6.11. The van der Waals surface area contributed by atoms with Gasteiger partial charge in [0.1, 0.15) is 5.60 Å². The molecule has 0 aromatic heterocycles. The van der Waals surface area contributed by atoms with Gasteiger partial charge in [0.05, 0.1) is 12.1 Å². The molecule has 5 heteroatoms. The molecule has 1 aliphatic heterocycles. The number of hydrogen-bond donors (Lipinski definition) is 1. The molecule has 1 aliphatic rings. The van der Waals surface area contributed by atoms with Crippen molar-refractivity contribution in [3.05, 3.63) is 0 Å². The van der Waals surface area contributed by atoms with E-state index in [2.05, 4.69) is 0 Å². The van der Waals surface area contributed by atoms with Crippen molar-refractivity contribution in [1.82, 2.24) is 9.80 Å². The average molecular weight is 244 g/mol. The largest absolute Gasteiger partial charge is 0.444 e. The van der Waals surface area contributed by atoms with E-state index in [1.54, 1.807) is 4.90 Å². The molecule has 0 bridgehead atoms. The van der Waals surface area contributed by atoms with Crippen molar-refractivity contribution in [3.63, 3.8) is 0 Å². The summed E-state index contributed by atoms with van der Waals surface area (Å²) in [6.45, 7) is 6.98. The molecule has 1 unspecified atom stereocenters. The third-order valence-corrected chi connectivity index (χ3v) is 2.59. The number of nitrogens with zero attached hydrogens (tertiary/aromatic N) is 2. The molecule has 1 amide bonds. The summed E-state index contributed by atoms with van der Waals surface area (Å²) in [6.07, 6.45) is 0.261. The molecule has 5 nitrogen and oxygen atoms in total. The molecule has 0 radical (unpaired) electrons. The maximum Gasteiger partial charge on any atom is 0.410 e. The molecule has 0 spiro atoms. The minimum Gasteiger partial charge on any atom is -0.444 e. The van der Waals surface area contributed by atoms with Crippen LogP contribution in [0.15, 0.2) is 0 Å². The van der Waals surface area contributed by atoms with Gasteiger partial charge in [-0.2, -0.15) is 0 Å². The molecular weight excluding hydrogens is 220 g/mol. The maximum absolute atomic E-state index is 11.8. The summed E-state index contributed by atoms with van der Waals surface area (Å²) in [7, 11) is 3.82. The van der Waals surface area contributed by atoms with E-state index in [1.807, 2.05) is 39.8 Å². The number of rotatable bonds is 2. The Bertz CT molecular complexity index is 286. The number of amides is 1. The van der Waals surface area contributed by atoms with E-state index in [-0.39, 0.29) is 6.09 Å². The van der Waals surface area contributed by atoms with Crippen molar-refractivity contribution in [1.29, 1.82) is 0 Å². The molecule has 1 N–H and O–H groups in total. The summed E-state index contributed by atoms with van der Waals surface area (Å²) in [6, 6.07) is 0. The lowest BCUT2D eigenvalue weighted by Crippen LogP contribution is -2.44. The van der Waals surface area contributed by atoms with Gasteiger partial charge in [-0.1, -0.05) is 0 Å². The van der Waals surface area contributed by atoms with Gasteiger partial charge < -0.3 is 19.6 Å². The van der Waals surface area contributed by atoms with E-state index in [1.165, 1.54) is 0 Å². The summed E-state index contributed by atoms with van der Waals surface area (Å²) in [5.74, 6) is 0. The number of hydrogen-bond acceptors (Lipinski definition) is 4. The Morgan fingerprint density at radius 1 is 1.47 bits per heavy atom. The minimum atomic E-state index is -0.805. The topological polar surface area (TPSA) is 53.0 Å². The number of aliphatic hydroxyl groups is 1. The fourth-order valence-corrected chi connectivity index (χ4v) is 2.06. The van der Waals surface area contributed by atoms with Crippen molar-refractivity contribution in [2.45, 2.75) is 38.4 Å². The van der Waals surface area contributed by atoms with Crippen LogP contribution in [0.3, 0.4) is 0 Å². The van der Waals surface area contributed by atoms with Crippen LogP contribution in [0.5, 0.6) is 0 Å². The fourth-order valence-electron chi connectivity index (χ4n) is 2.06. The van der Waals surface area contributed by atoms with Crippen molar-refractivity contribution >= 4 is 6.09 Å². The fraction of sp³-hybridized carbons (Fsp3) is 0.917. The van der Waals surface area contributed by atoms with E-state index >= 15 is 0 Å². The number of likely N-dealkylation sites (N-methyl/N-ethyl adjacent to an activating group) is 1. The Hall–Kier alpha value is -0.810. The minimum absolute atomic E-state index is 0.341. The Labute approximate surface area is 103 Å². The number of carbonyl (C=O) groups is 1. The van der Waals surface area contributed by atoms with Gasteiger partial charge in [-0.05, 0) is 41.3 Å². The molecule has 17 heavy (non-hydrogen) atoms. The lowest BCUT2D eigenvalue weighted by Gasteiger charge is -2.28. The molecule has 0 saturated carbocycles. The zero-order valence-corrected chi connectivity index (χ0v) is 11.5. The molecule has 100 valence electrons. The van der Waals surface area contributed by atoms with E-state index in [9.17, 15) is 9.90 Å². The SMILES string of the molecule is CN(C)CC1(O)CCN(C(=O)OC(C)(C)C)C1. The van der Waals surface area contributed by atoms with Gasteiger partial charge in [0.15, 0.2) is 0 Å². The maximum atomic E-state index is 11.8. The highest BCUT2D eigenvalue weighted by atomic mass is 16.6. The summed E-state index contributed by atoms with van der Waals surface area (Å²) in [5.41, 5.74) is -1.29. The van der Waals surface area contributed by atoms with E-state index in [0.29, 0.717) is 26.1 Å². The van der Waals surface area contributed by atoms with Gasteiger partial charge in [0.2, 0.25) is 0 Å². The van der Waals surface area contributed by atoms with Gasteiger partial charge in [0.25, 0.3) is 0 Å². The van der Waals surface area contributed by atoms with E-state index < -0.39 is 11.2 Å². The van der Waals surface area contributed by atoms with Crippen LogP contribution in [0.4, 0.5) is 4.79 Å². The molecule has 1 fully saturated rings. The lowest BCUT2D eigenvalue weighted by atomic mass is 10.0. The number of ether oxygens (including phenoxy) is 1. The van der Waals surface area contributed by atoms with Crippen LogP contribution in [0.2, 0.25) is 0 Å². The first-order valence-electron chi connectivity index (χ1n) is 5.96. The summed E-state index contributed by atoms with van der Waals surface area (Å²) < 4.78 is 5.28. The summed E-state index contributed by atoms with van der Waals surface area (Å²) >= 11 is 0. The van der Waals surface area contributed by atoms with Crippen LogP contribution in [0.25, 0.3) is 0 Å². The number of β-amino-alcohol motifs (C(OH)–C–C–N with tert-alkyl or cyclic N) is 1. The number of likely N-dealkylation sites (tertiary alicyclic amines) is 1. The van der Waals surface area contributed by atoms with Crippen molar-refractivity contribution < 1.29 is 14.6 Å². The molecule has 1 heterocycles. The Morgan fingerprint density at radius 3 is 2.53 bits per heavy atom. The molecular formula is C12H24N2O3. The normalized spacial score (nSPS) is 25.5. The molecule has 0 aromatic rings. The summed E-state index contributed by atoms with van der Waals surface area (Å²) in [4.78, 5) is 15.3.